The Kier molecular flexibility index (Phi) is 3.88. The van der Waals surface area contributed by atoms with Gasteiger partial charge in [-0.25, -0.2) is 0 Å². The molecule has 86 valence electrons. The number of hydrogen-bond donors (Lipinski definition) is 1. The fourth-order valence-corrected chi connectivity index (χ4v) is 1.44. The average Bonchev–Trinajstić information content (AvgIpc) is 2.36. The standard InChI is InChI=1S/C11H13NO4/c1-7-4-9(13)10(15-2)5-8(6-12-14)11(7)16-3/h4-6,14H,1-3H3/b12-6+. The monoisotopic (exact) mass is 223 g/mol. The Bertz CT molecular complexity index is 468. The lowest BCUT2D eigenvalue weighted by atomic mass is 10.2. The molecule has 0 aliphatic heterocycles. The molecule has 0 heterocycles. The molecule has 0 unspecified atom stereocenters. The number of ether oxygens (including phenoxy) is 2. The number of aryl methyl sites for hydroxylation is 1. The lowest BCUT2D eigenvalue weighted by molar-refractivity contribution is 0.321. The molecule has 0 spiro atoms. The third-order valence-corrected chi connectivity index (χ3v) is 2.12. The molecule has 0 radical (unpaired) electrons. The van der Waals surface area contributed by atoms with E-state index >= 15 is 0 Å². The van der Waals surface area contributed by atoms with Crippen molar-refractivity contribution in [1.82, 2.24) is 0 Å². The molecule has 1 rings (SSSR count). The van der Waals surface area contributed by atoms with Gasteiger partial charge in [-0.1, -0.05) is 5.16 Å². The Labute approximate surface area is 92.9 Å². The van der Waals surface area contributed by atoms with Crippen LogP contribution in [0.2, 0.25) is 0 Å². The van der Waals surface area contributed by atoms with Crippen LogP contribution < -0.4 is 14.9 Å². The van der Waals surface area contributed by atoms with E-state index in [-0.39, 0.29) is 11.2 Å². The molecule has 0 saturated heterocycles. The molecule has 0 aliphatic rings. The number of methoxy groups -OCH3 is 2. The summed E-state index contributed by atoms with van der Waals surface area (Å²) in [6, 6.07) is 2.88. The highest BCUT2D eigenvalue weighted by Gasteiger charge is 2.08. The second-order valence-corrected chi connectivity index (χ2v) is 3.14. The third-order valence-electron chi connectivity index (χ3n) is 2.12. The molecular formula is C11H13NO4. The van der Waals surface area contributed by atoms with Gasteiger partial charge in [-0.05, 0) is 24.6 Å². The number of oxime groups is 1. The topological polar surface area (TPSA) is 68.1 Å². The second-order valence-electron chi connectivity index (χ2n) is 3.14. The molecule has 1 aromatic rings. The maximum Gasteiger partial charge on any atom is 0.220 e. The van der Waals surface area contributed by atoms with Crippen LogP contribution in [-0.2, 0) is 0 Å². The van der Waals surface area contributed by atoms with Gasteiger partial charge in [0.15, 0.2) is 5.75 Å². The molecule has 5 heteroatoms. The number of nitrogens with zero attached hydrogens (tertiary/aromatic N) is 1. The first-order chi connectivity index (χ1) is 7.63. The molecular weight excluding hydrogens is 210 g/mol. The Morgan fingerprint density at radius 3 is 2.50 bits per heavy atom. The third kappa shape index (κ3) is 2.31. The normalized spacial score (nSPS) is 10.4. The molecule has 1 aromatic carbocycles. The van der Waals surface area contributed by atoms with E-state index in [9.17, 15) is 4.79 Å². The summed E-state index contributed by atoms with van der Waals surface area (Å²) in [6.07, 6.45) is 1.19. The van der Waals surface area contributed by atoms with Gasteiger partial charge in [0.25, 0.3) is 0 Å². The summed E-state index contributed by atoms with van der Waals surface area (Å²) in [7, 11) is 2.88. The molecule has 16 heavy (non-hydrogen) atoms. The van der Waals surface area contributed by atoms with E-state index in [1.54, 1.807) is 6.92 Å². The van der Waals surface area contributed by atoms with Crippen molar-refractivity contribution >= 4 is 6.21 Å². The van der Waals surface area contributed by atoms with Crippen molar-refractivity contribution in [2.24, 2.45) is 5.16 Å². The van der Waals surface area contributed by atoms with Gasteiger partial charge in [-0.2, -0.15) is 0 Å². The van der Waals surface area contributed by atoms with E-state index in [1.807, 2.05) is 0 Å². The minimum Gasteiger partial charge on any atom is -0.496 e. The fraction of sp³-hybridized carbons (Fsp3) is 0.273. The van der Waals surface area contributed by atoms with E-state index in [2.05, 4.69) is 5.16 Å². The van der Waals surface area contributed by atoms with E-state index in [0.29, 0.717) is 16.9 Å². The van der Waals surface area contributed by atoms with E-state index in [0.717, 1.165) is 0 Å². The first-order valence-electron chi connectivity index (χ1n) is 4.58. The lowest BCUT2D eigenvalue weighted by Crippen LogP contribution is -2.00. The molecule has 5 nitrogen and oxygen atoms in total. The highest BCUT2D eigenvalue weighted by molar-refractivity contribution is 5.84. The summed E-state index contributed by atoms with van der Waals surface area (Å²) in [6.45, 7) is 1.73. The summed E-state index contributed by atoms with van der Waals surface area (Å²) in [5.74, 6) is 0.638. The van der Waals surface area contributed by atoms with E-state index in [4.69, 9.17) is 14.7 Å². The van der Waals surface area contributed by atoms with Crippen LogP contribution in [0.1, 0.15) is 11.1 Å². The summed E-state index contributed by atoms with van der Waals surface area (Å²) < 4.78 is 10.1. The van der Waals surface area contributed by atoms with Crippen LogP contribution in [-0.4, -0.2) is 25.6 Å². The summed E-state index contributed by atoms with van der Waals surface area (Å²) in [4.78, 5) is 11.6. The van der Waals surface area contributed by atoms with Gasteiger partial charge >= 0.3 is 0 Å². The quantitative estimate of drug-likeness (QED) is 0.474. The summed E-state index contributed by atoms with van der Waals surface area (Å²) >= 11 is 0. The predicted molar refractivity (Wildman–Crippen MR) is 59.9 cm³/mol. The van der Waals surface area contributed by atoms with Crippen molar-refractivity contribution in [1.29, 1.82) is 0 Å². The molecule has 0 atom stereocenters. The lowest BCUT2D eigenvalue weighted by Gasteiger charge is -2.02. The van der Waals surface area contributed by atoms with Crippen molar-refractivity contribution < 1.29 is 14.7 Å². The molecule has 1 N–H and O–H groups in total. The Balaban J connectivity index is 3.64. The maximum absolute atomic E-state index is 11.6. The van der Waals surface area contributed by atoms with Gasteiger partial charge < -0.3 is 14.7 Å². The molecule has 0 amide bonds. The van der Waals surface area contributed by atoms with Gasteiger partial charge in [0.2, 0.25) is 5.43 Å². The molecule has 0 aromatic heterocycles. The van der Waals surface area contributed by atoms with Crippen LogP contribution in [0.5, 0.6) is 11.5 Å². The van der Waals surface area contributed by atoms with Crippen molar-refractivity contribution in [3.8, 4) is 11.5 Å². The zero-order valence-corrected chi connectivity index (χ0v) is 9.35. The van der Waals surface area contributed by atoms with Gasteiger partial charge in [-0.15, -0.1) is 0 Å². The zero-order chi connectivity index (χ0) is 12.1. The second kappa shape index (κ2) is 5.16. The van der Waals surface area contributed by atoms with Gasteiger partial charge in [0, 0.05) is 5.56 Å². The van der Waals surface area contributed by atoms with Crippen molar-refractivity contribution in [3.05, 3.63) is 33.5 Å². The van der Waals surface area contributed by atoms with E-state index < -0.39 is 0 Å². The smallest absolute Gasteiger partial charge is 0.220 e. The SMILES string of the molecule is COc1c(C)cc(=O)c(OC)cc1/C=N/O. The molecule has 0 saturated carbocycles. The van der Waals surface area contributed by atoms with Crippen LogP contribution in [0, 0.1) is 6.92 Å². The predicted octanol–water partition coefficient (Wildman–Crippen LogP) is 1.18. The largest absolute Gasteiger partial charge is 0.496 e. The Morgan fingerprint density at radius 1 is 1.31 bits per heavy atom. The molecule has 0 bridgehead atoms. The van der Waals surface area contributed by atoms with Crippen molar-refractivity contribution in [2.75, 3.05) is 14.2 Å². The molecule has 0 aliphatic carbocycles. The van der Waals surface area contributed by atoms with Gasteiger partial charge in [0.05, 0.1) is 20.4 Å². The van der Waals surface area contributed by atoms with Crippen LogP contribution in [0.4, 0.5) is 0 Å². The van der Waals surface area contributed by atoms with Crippen molar-refractivity contribution in [3.63, 3.8) is 0 Å². The minimum atomic E-state index is -0.254. The van der Waals surface area contributed by atoms with Crippen molar-refractivity contribution in [2.45, 2.75) is 6.92 Å². The Hall–Kier alpha value is -2.04. The van der Waals surface area contributed by atoms with Crippen LogP contribution in [0.25, 0.3) is 0 Å². The van der Waals surface area contributed by atoms with Gasteiger partial charge in [-0.3, -0.25) is 4.79 Å². The maximum atomic E-state index is 11.6. The van der Waals surface area contributed by atoms with E-state index in [1.165, 1.54) is 32.6 Å². The highest BCUT2D eigenvalue weighted by atomic mass is 16.5. The zero-order valence-electron chi connectivity index (χ0n) is 9.35. The minimum absolute atomic E-state index is 0.168. The van der Waals surface area contributed by atoms with Crippen LogP contribution >= 0.6 is 0 Å². The summed E-state index contributed by atoms with van der Waals surface area (Å²) in [5, 5.41) is 11.5. The van der Waals surface area contributed by atoms with Crippen LogP contribution in [0.3, 0.4) is 0 Å². The van der Waals surface area contributed by atoms with Gasteiger partial charge in [0.1, 0.15) is 5.75 Å². The number of rotatable bonds is 3. The first kappa shape index (κ1) is 12.0. The first-order valence-corrected chi connectivity index (χ1v) is 4.58. The fourth-order valence-electron chi connectivity index (χ4n) is 1.44. The molecule has 0 fully saturated rings. The average molecular weight is 223 g/mol. The highest BCUT2D eigenvalue weighted by Crippen LogP contribution is 2.21. The number of hydrogen-bond acceptors (Lipinski definition) is 5. The summed E-state index contributed by atoms with van der Waals surface area (Å²) in [5.41, 5.74) is 0.864. The Morgan fingerprint density at radius 2 is 2.00 bits per heavy atom. The van der Waals surface area contributed by atoms with Crippen LogP contribution in [0.15, 0.2) is 22.1 Å².